The average molecular weight is 254 g/mol. The van der Waals surface area contributed by atoms with Gasteiger partial charge in [0, 0.05) is 24.6 Å². The molecule has 5 heteroatoms. The minimum Gasteiger partial charge on any atom is -0.334 e. The molecule has 3 nitrogen and oxygen atoms in total. The Hall–Kier alpha value is -1.49. The Balaban J connectivity index is 2.27. The molecule has 2 unspecified atom stereocenters. The van der Waals surface area contributed by atoms with E-state index < -0.39 is 6.43 Å². The third-order valence-corrected chi connectivity index (χ3v) is 3.34. The second-order valence-corrected chi connectivity index (χ2v) is 4.46. The quantitative estimate of drug-likeness (QED) is 0.899. The van der Waals surface area contributed by atoms with E-state index in [2.05, 4.69) is 0 Å². The summed E-state index contributed by atoms with van der Waals surface area (Å²) in [6, 6.07) is 5.58. The summed E-state index contributed by atoms with van der Waals surface area (Å²) >= 11 is 0. The number of alkyl halides is 2. The molecule has 1 fully saturated rings. The molecule has 1 aliphatic heterocycles. The molecular weight excluding hydrogens is 238 g/mol. The van der Waals surface area contributed by atoms with Crippen molar-refractivity contribution in [2.75, 3.05) is 6.54 Å². The monoisotopic (exact) mass is 254 g/mol. The normalized spacial score (nSPS) is 24.1. The van der Waals surface area contributed by atoms with Crippen LogP contribution in [0.3, 0.4) is 0 Å². The molecule has 1 aliphatic rings. The number of carbonyl (C=O) groups excluding carboxylic acids is 1. The maximum atomic E-state index is 12.5. The zero-order valence-electron chi connectivity index (χ0n) is 10.1. The van der Waals surface area contributed by atoms with E-state index in [4.69, 9.17) is 5.73 Å². The van der Waals surface area contributed by atoms with Gasteiger partial charge < -0.3 is 10.6 Å². The van der Waals surface area contributed by atoms with Crippen molar-refractivity contribution in [2.45, 2.75) is 31.9 Å². The second kappa shape index (κ2) is 5.02. The molecule has 1 saturated heterocycles. The molecule has 98 valence electrons. The summed E-state index contributed by atoms with van der Waals surface area (Å²) in [7, 11) is 0. The number of likely N-dealkylation sites (N-methyl/N-ethyl adjacent to an activating group) is 1. The van der Waals surface area contributed by atoms with Gasteiger partial charge in [0.15, 0.2) is 0 Å². The maximum absolute atomic E-state index is 12.5. The molecule has 0 aromatic heterocycles. The summed E-state index contributed by atoms with van der Waals surface area (Å²) in [6.45, 7) is 2.46. The van der Waals surface area contributed by atoms with Gasteiger partial charge in [-0.3, -0.25) is 4.79 Å². The number of carbonyl (C=O) groups is 1. The second-order valence-electron chi connectivity index (χ2n) is 4.46. The van der Waals surface area contributed by atoms with E-state index in [-0.39, 0.29) is 23.6 Å². The predicted molar refractivity (Wildman–Crippen MR) is 64.1 cm³/mol. The predicted octanol–water partition coefficient (Wildman–Crippen LogP) is 2.24. The Labute approximate surface area is 105 Å². The number of hydrogen-bond acceptors (Lipinski definition) is 2. The first-order chi connectivity index (χ1) is 8.54. The third-order valence-electron chi connectivity index (χ3n) is 3.34. The number of nitrogens with two attached hydrogens (primary N) is 1. The van der Waals surface area contributed by atoms with Gasteiger partial charge in [-0.15, -0.1) is 0 Å². The molecule has 1 aromatic carbocycles. The number of hydrogen-bond donors (Lipinski definition) is 1. The van der Waals surface area contributed by atoms with E-state index in [0.717, 1.165) is 5.56 Å². The molecule has 0 radical (unpaired) electrons. The smallest absolute Gasteiger partial charge is 0.263 e. The number of rotatable bonds is 3. The van der Waals surface area contributed by atoms with Crippen LogP contribution in [0.15, 0.2) is 24.3 Å². The lowest BCUT2D eigenvalue weighted by Gasteiger charge is -2.26. The summed E-state index contributed by atoms with van der Waals surface area (Å²) in [4.78, 5) is 13.4. The van der Waals surface area contributed by atoms with E-state index in [1.54, 1.807) is 17.0 Å². The summed E-state index contributed by atoms with van der Waals surface area (Å²) in [6.07, 6.45) is -2.16. The van der Waals surface area contributed by atoms with E-state index in [1.165, 1.54) is 12.1 Å². The van der Waals surface area contributed by atoms with Crippen LogP contribution in [0.4, 0.5) is 8.78 Å². The van der Waals surface area contributed by atoms with Crippen LogP contribution >= 0.6 is 0 Å². The molecule has 0 saturated carbocycles. The zero-order chi connectivity index (χ0) is 13.3. The highest BCUT2D eigenvalue weighted by atomic mass is 19.3. The maximum Gasteiger partial charge on any atom is 0.263 e. The van der Waals surface area contributed by atoms with Crippen molar-refractivity contribution in [3.8, 4) is 0 Å². The summed E-state index contributed by atoms with van der Waals surface area (Å²) in [5.41, 5.74) is 6.76. The molecule has 2 N–H and O–H groups in total. The highest BCUT2D eigenvalue weighted by Gasteiger charge is 2.37. The summed E-state index contributed by atoms with van der Waals surface area (Å²) in [5, 5.41) is 0. The van der Waals surface area contributed by atoms with Crippen LogP contribution in [-0.4, -0.2) is 23.4 Å². The summed E-state index contributed by atoms with van der Waals surface area (Å²) < 4.78 is 24.9. The van der Waals surface area contributed by atoms with Crippen molar-refractivity contribution in [1.29, 1.82) is 0 Å². The molecule has 18 heavy (non-hydrogen) atoms. The van der Waals surface area contributed by atoms with Gasteiger partial charge in [-0.25, -0.2) is 8.78 Å². The number of likely N-dealkylation sites (tertiary alicyclic amines) is 1. The Morgan fingerprint density at radius 2 is 2.00 bits per heavy atom. The third kappa shape index (κ3) is 2.22. The minimum absolute atomic E-state index is 0.0142. The fourth-order valence-electron chi connectivity index (χ4n) is 2.46. The number of benzene rings is 1. The van der Waals surface area contributed by atoms with Crippen LogP contribution in [0, 0.1) is 0 Å². The van der Waals surface area contributed by atoms with Crippen LogP contribution in [0.5, 0.6) is 0 Å². The van der Waals surface area contributed by atoms with Crippen LogP contribution in [0.2, 0.25) is 0 Å². The Morgan fingerprint density at radius 1 is 1.39 bits per heavy atom. The Bertz CT molecular complexity index is 433. The van der Waals surface area contributed by atoms with Gasteiger partial charge in [-0.2, -0.15) is 0 Å². The first-order valence-electron chi connectivity index (χ1n) is 5.97. The lowest BCUT2D eigenvalue weighted by molar-refractivity contribution is -0.128. The first-order valence-corrected chi connectivity index (χ1v) is 5.97. The highest BCUT2D eigenvalue weighted by Crippen LogP contribution is 2.32. The summed E-state index contributed by atoms with van der Waals surface area (Å²) in [5.74, 6) is 0.0212. The zero-order valence-corrected chi connectivity index (χ0v) is 10.1. The van der Waals surface area contributed by atoms with E-state index >= 15 is 0 Å². The molecule has 0 spiro atoms. The fourth-order valence-corrected chi connectivity index (χ4v) is 2.46. The van der Waals surface area contributed by atoms with Crippen molar-refractivity contribution in [3.63, 3.8) is 0 Å². The lowest BCUT2D eigenvalue weighted by atomic mass is 9.99. The van der Waals surface area contributed by atoms with Crippen LogP contribution in [-0.2, 0) is 4.79 Å². The molecule has 1 heterocycles. The molecular formula is C13H16F2N2O. The van der Waals surface area contributed by atoms with Gasteiger partial charge in [0.05, 0.1) is 6.04 Å². The topological polar surface area (TPSA) is 46.3 Å². The van der Waals surface area contributed by atoms with Crippen LogP contribution < -0.4 is 5.73 Å². The molecule has 1 amide bonds. The standard InChI is InChI=1S/C13H16F2N2O/c1-2-17-11(18)7-10(16)12(17)8-3-5-9(6-4-8)13(14)15/h3-6,10,12-13H,2,7,16H2,1H3. The van der Waals surface area contributed by atoms with E-state index in [0.29, 0.717) is 13.0 Å². The fraction of sp³-hybridized carbons (Fsp3) is 0.462. The lowest BCUT2D eigenvalue weighted by Crippen LogP contribution is -2.32. The molecule has 1 aromatic rings. The number of halogens is 2. The molecule has 2 rings (SSSR count). The van der Waals surface area contributed by atoms with Crippen molar-refractivity contribution in [2.24, 2.45) is 5.73 Å². The van der Waals surface area contributed by atoms with Gasteiger partial charge in [-0.1, -0.05) is 24.3 Å². The highest BCUT2D eigenvalue weighted by molar-refractivity contribution is 5.80. The molecule has 0 bridgehead atoms. The van der Waals surface area contributed by atoms with Gasteiger partial charge in [0.25, 0.3) is 6.43 Å². The number of nitrogens with zero attached hydrogens (tertiary/aromatic N) is 1. The van der Waals surface area contributed by atoms with Crippen LogP contribution in [0.25, 0.3) is 0 Å². The van der Waals surface area contributed by atoms with Gasteiger partial charge in [0.2, 0.25) is 5.91 Å². The van der Waals surface area contributed by atoms with E-state index in [9.17, 15) is 13.6 Å². The first kappa shape index (κ1) is 13.0. The molecule has 0 aliphatic carbocycles. The average Bonchev–Trinajstić information content (AvgIpc) is 2.63. The number of amides is 1. The van der Waals surface area contributed by atoms with Crippen molar-refractivity contribution < 1.29 is 13.6 Å². The minimum atomic E-state index is -2.47. The molecule has 2 atom stereocenters. The van der Waals surface area contributed by atoms with Gasteiger partial charge in [0.1, 0.15) is 0 Å². The van der Waals surface area contributed by atoms with Crippen molar-refractivity contribution in [1.82, 2.24) is 4.90 Å². The van der Waals surface area contributed by atoms with Gasteiger partial charge in [-0.05, 0) is 12.5 Å². The largest absolute Gasteiger partial charge is 0.334 e. The van der Waals surface area contributed by atoms with Crippen molar-refractivity contribution >= 4 is 5.91 Å². The van der Waals surface area contributed by atoms with Gasteiger partial charge >= 0.3 is 0 Å². The van der Waals surface area contributed by atoms with E-state index in [1.807, 2.05) is 6.92 Å². The SMILES string of the molecule is CCN1C(=O)CC(N)C1c1ccc(C(F)F)cc1. The Kier molecular flexibility index (Phi) is 3.61. The van der Waals surface area contributed by atoms with Crippen molar-refractivity contribution in [3.05, 3.63) is 35.4 Å². The Morgan fingerprint density at radius 3 is 2.50 bits per heavy atom. The van der Waals surface area contributed by atoms with Crippen LogP contribution in [0.1, 0.15) is 36.9 Å².